The summed E-state index contributed by atoms with van der Waals surface area (Å²) in [5.41, 5.74) is 0. The Kier molecular flexibility index (Phi) is 2.74. The fourth-order valence-corrected chi connectivity index (χ4v) is 0.680. The van der Waals surface area contributed by atoms with Crippen LogP contribution in [0, 0.1) is 12.5 Å². The molecule has 1 rings (SSSR count). The number of terminal acetylenes is 1. The summed E-state index contributed by atoms with van der Waals surface area (Å²) in [5.74, 6) is 0.463. The summed E-state index contributed by atoms with van der Waals surface area (Å²) in [5, 5.41) is 2.06. The van der Waals surface area contributed by atoms with Crippen molar-refractivity contribution in [3.05, 3.63) is 30.3 Å². The third kappa shape index (κ3) is 2.35. The predicted molar refractivity (Wildman–Crippen MR) is 44.4 cm³/mol. The quantitative estimate of drug-likeness (QED) is 0.499. The Labute approximate surface area is 70.4 Å². The van der Waals surface area contributed by atoms with Gasteiger partial charge in [-0.1, -0.05) is 24.6 Å². The minimum Gasteiger partial charge on any atom is -0.410 e. The zero-order chi connectivity index (χ0) is 8.81. The van der Waals surface area contributed by atoms with Crippen LogP contribution in [0.1, 0.15) is 0 Å². The van der Waals surface area contributed by atoms with Crippen LogP contribution in [0.25, 0.3) is 0 Å². The smallest absolute Gasteiger partial charge is 0.410 e. The largest absolute Gasteiger partial charge is 0.424 e. The summed E-state index contributed by atoms with van der Waals surface area (Å²) in [6, 6.07) is 10.6. The molecule has 0 aliphatic rings. The van der Waals surface area contributed by atoms with Crippen LogP contribution in [0.3, 0.4) is 0 Å². The summed E-state index contributed by atoms with van der Waals surface area (Å²) in [7, 11) is 0. The van der Waals surface area contributed by atoms with E-state index >= 15 is 0 Å². The summed E-state index contributed by atoms with van der Waals surface area (Å²) in [6.45, 7) is 0. The first-order chi connectivity index (χ1) is 5.83. The minimum absolute atomic E-state index is 0.463. The van der Waals surface area contributed by atoms with Gasteiger partial charge in [0.15, 0.2) is 0 Å². The fourth-order valence-electron chi connectivity index (χ4n) is 0.680. The Balaban J connectivity index is 2.54. The van der Waals surface area contributed by atoms with Gasteiger partial charge in [-0.2, -0.15) is 0 Å². The lowest BCUT2D eigenvalue weighted by Gasteiger charge is -2.00. The van der Waals surface area contributed by atoms with E-state index in [0.29, 0.717) is 5.75 Å². The average Bonchev–Trinajstić information content (AvgIpc) is 2.06. The lowest BCUT2D eigenvalue weighted by molar-refractivity contribution is 0.205. The van der Waals surface area contributed by atoms with Crippen LogP contribution in [0.15, 0.2) is 30.3 Å². The van der Waals surface area contributed by atoms with E-state index in [4.69, 9.17) is 11.2 Å². The summed E-state index contributed by atoms with van der Waals surface area (Å²) < 4.78 is 4.76. The van der Waals surface area contributed by atoms with Crippen molar-refractivity contribution in [1.82, 2.24) is 5.32 Å². The maximum Gasteiger partial charge on any atom is 0.424 e. The molecule has 0 unspecified atom stereocenters. The van der Waals surface area contributed by atoms with Gasteiger partial charge in [-0.3, -0.25) is 0 Å². The third-order valence-corrected chi connectivity index (χ3v) is 1.13. The van der Waals surface area contributed by atoms with Crippen LogP contribution >= 0.6 is 0 Å². The number of carbonyl (C=O) groups excluding carboxylic acids is 1. The van der Waals surface area contributed by atoms with Crippen LogP contribution in [-0.4, -0.2) is 6.09 Å². The van der Waals surface area contributed by atoms with Gasteiger partial charge >= 0.3 is 6.09 Å². The van der Waals surface area contributed by atoms with Crippen molar-refractivity contribution < 1.29 is 9.53 Å². The first-order valence-corrected chi connectivity index (χ1v) is 3.31. The van der Waals surface area contributed by atoms with Gasteiger partial charge in [0.05, 0.1) is 0 Å². The van der Waals surface area contributed by atoms with Gasteiger partial charge in [0.2, 0.25) is 0 Å². The fraction of sp³-hybridized carbons (Fsp3) is 0. The molecule has 0 saturated carbocycles. The molecule has 3 heteroatoms. The Bertz CT molecular complexity index is 300. The van der Waals surface area contributed by atoms with Gasteiger partial charge in [0.1, 0.15) is 5.75 Å². The normalized spacial score (nSPS) is 8.25. The van der Waals surface area contributed by atoms with E-state index < -0.39 is 6.09 Å². The standard InChI is InChI=1S/C9H7NO2/c1-2-10-9(11)12-8-6-4-3-5-7-8/h1,3-7H,(H,10,11). The number of nitrogens with one attached hydrogen (secondary N) is 1. The lowest BCUT2D eigenvalue weighted by atomic mass is 10.3. The van der Waals surface area contributed by atoms with Crippen LogP contribution < -0.4 is 10.1 Å². The molecular weight excluding hydrogens is 154 g/mol. The van der Waals surface area contributed by atoms with Crippen molar-refractivity contribution in [2.75, 3.05) is 0 Å². The maximum absolute atomic E-state index is 10.7. The Morgan fingerprint density at radius 1 is 1.42 bits per heavy atom. The summed E-state index contributed by atoms with van der Waals surface area (Å²) in [6.07, 6.45) is 4.17. The number of rotatable bonds is 1. The molecule has 0 heterocycles. The van der Waals surface area contributed by atoms with E-state index in [-0.39, 0.29) is 0 Å². The molecule has 1 N–H and O–H groups in total. The summed E-state index contributed by atoms with van der Waals surface area (Å²) in [4.78, 5) is 10.7. The van der Waals surface area contributed by atoms with Gasteiger partial charge in [0.25, 0.3) is 0 Å². The number of amides is 1. The topological polar surface area (TPSA) is 38.3 Å². The molecule has 0 aliphatic heterocycles. The highest BCUT2D eigenvalue weighted by Gasteiger charge is 1.99. The lowest BCUT2D eigenvalue weighted by Crippen LogP contribution is -2.21. The van der Waals surface area contributed by atoms with Crippen LogP contribution in [0.4, 0.5) is 4.79 Å². The SMILES string of the molecule is C#CNC(=O)Oc1ccccc1. The molecule has 0 aliphatic carbocycles. The Morgan fingerprint density at radius 2 is 2.08 bits per heavy atom. The molecule has 0 atom stereocenters. The molecule has 1 aromatic carbocycles. The first-order valence-electron chi connectivity index (χ1n) is 3.31. The molecule has 12 heavy (non-hydrogen) atoms. The van der Waals surface area contributed by atoms with Crippen molar-refractivity contribution in [2.24, 2.45) is 0 Å². The number of hydrogen-bond donors (Lipinski definition) is 1. The second-order valence-electron chi connectivity index (χ2n) is 1.97. The first kappa shape index (κ1) is 8.15. The Hall–Kier alpha value is -1.95. The van der Waals surface area contributed by atoms with Crippen molar-refractivity contribution in [3.8, 4) is 18.2 Å². The highest BCUT2D eigenvalue weighted by atomic mass is 16.5. The van der Waals surface area contributed by atoms with E-state index in [1.54, 1.807) is 24.3 Å². The zero-order valence-corrected chi connectivity index (χ0v) is 6.28. The molecule has 0 fully saturated rings. The van der Waals surface area contributed by atoms with Crippen molar-refractivity contribution in [1.29, 1.82) is 0 Å². The van der Waals surface area contributed by atoms with E-state index in [1.165, 1.54) is 0 Å². The molecular formula is C9H7NO2. The average molecular weight is 161 g/mol. The van der Waals surface area contributed by atoms with Gasteiger partial charge in [-0.05, 0) is 12.1 Å². The maximum atomic E-state index is 10.7. The van der Waals surface area contributed by atoms with E-state index in [2.05, 4.69) is 5.32 Å². The molecule has 0 aromatic heterocycles. The van der Waals surface area contributed by atoms with Gasteiger partial charge < -0.3 is 4.74 Å². The van der Waals surface area contributed by atoms with Crippen LogP contribution in [-0.2, 0) is 0 Å². The number of benzene rings is 1. The van der Waals surface area contributed by atoms with Gasteiger partial charge in [-0.15, -0.1) is 0 Å². The van der Waals surface area contributed by atoms with Gasteiger partial charge in [0, 0.05) is 6.04 Å². The highest BCUT2D eigenvalue weighted by Crippen LogP contribution is 2.07. The molecule has 0 radical (unpaired) electrons. The molecule has 1 amide bonds. The van der Waals surface area contributed by atoms with E-state index in [1.807, 2.05) is 12.1 Å². The number of para-hydroxylation sites is 1. The molecule has 60 valence electrons. The Morgan fingerprint density at radius 3 is 2.67 bits per heavy atom. The second kappa shape index (κ2) is 4.04. The predicted octanol–water partition coefficient (Wildman–Crippen LogP) is 1.37. The molecule has 3 nitrogen and oxygen atoms in total. The molecule has 0 saturated heterocycles. The van der Waals surface area contributed by atoms with Crippen molar-refractivity contribution in [3.63, 3.8) is 0 Å². The number of hydrogen-bond acceptors (Lipinski definition) is 2. The monoisotopic (exact) mass is 161 g/mol. The second-order valence-corrected chi connectivity index (χ2v) is 1.97. The third-order valence-electron chi connectivity index (χ3n) is 1.13. The molecule has 0 spiro atoms. The highest BCUT2D eigenvalue weighted by molar-refractivity contribution is 5.72. The van der Waals surface area contributed by atoms with Crippen LogP contribution in [0.5, 0.6) is 5.75 Å². The molecule has 1 aromatic rings. The van der Waals surface area contributed by atoms with Crippen LogP contribution in [0.2, 0.25) is 0 Å². The molecule has 0 bridgehead atoms. The van der Waals surface area contributed by atoms with Crippen molar-refractivity contribution >= 4 is 6.09 Å². The van der Waals surface area contributed by atoms with E-state index in [0.717, 1.165) is 0 Å². The van der Waals surface area contributed by atoms with Crippen molar-refractivity contribution in [2.45, 2.75) is 0 Å². The zero-order valence-electron chi connectivity index (χ0n) is 6.28. The number of ether oxygens (including phenoxy) is 1. The number of carbonyl (C=O) groups is 1. The minimum atomic E-state index is -0.649. The van der Waals surface area contributed by atoms with E-state index in [9.17, 15) is 4.79 Å². The summed E-state index contributed by atoms with van der Waals surface area (Å²) >= 11 is 0. The van der Waals surface area contributed by atoms with Gasteiger partial charge in [-0.25, -0.2) is 10.1 Å².